The van der Waals surface area contributed by atoms with Crippen molar-refractivity contribution in [3.05, 3.63) is 23.9 Å². The zero-order chi connectivity index (χ0) is 10.5. The topological polar surface area (TPSA) is 57.9 Å². The predicted octanol–water partition coefficient (Wildman–Crippen LogP) is 1.54. The smallest absolute Gasteiger partial charge is 0.143 e. The Morgan fingerprint density at radius 1 is 1.67 bits per heavy atom. The van der Waals surface area contributed by atoms with Gasteiger partial charge in [-0.15, -0.1) is 0 Å². The van der Waals surface area contributed by atoms with E-state index in [1.54, 1.807) is 18.3 Å². The van der Waals surface area contributed by atoms with Gasteiger partial charge in [0.05, 0.1) is 11.7 Å². The third-order valence-corrected chi connectivity index (χ3v) is 2.45. The van der Waals surface area contributed by atoms with Crippen LogP contribution in [0, 0.1) is 11.3 Å². The number of rotatable bonds is 3. The maximum Gasteiger partial charge on any atom is 0.143 e. The van der Waals surface area contributed by atoms with Gasteiger partial charge in [-0.2, -0.15) is 5.26 Å². The fourth-order valence-electron chi connectivity index (χ4n) is 1.65. The van der Waals surface area contributed by atoms with Gasteiger partial charge in [0.1, 0.15) is 11.9 Å². The average molecular weight is 203 g/mol. The highest BCUT2D eigenvalue weighted by molar-refractivity contribution is 5.51. The Morgan fingerprint density at radius 3 is 3.33 bits per heavy atom. The highest BCUT2D eigenvalue weighted by Crippen LogP contribution is 2.14. The first kappa shape index (κ1) is 9.94. The molecule has 0 aliphatic carbocycles. The van der Waals surface area contributed by atoms with Crippen LogP contribution in [-0.2, 0) is 4.74 Å². The molecule has 2 heterocycles. The van der Waals surface area contributed by atoms with E-state index in [4.69, 9.17) is 10.00 Å². The molecule has 0 spiro atoms. The molecule has 4 nitrogen and oxygen atoms in total. The quantitative estimate of drug-likeness (QED) is 0.809. The van der Waals surface area contributed by atoms with Crippen LogP contribution in [0.4, 0.5) is 5.82 Å². The fraction of sp³-hybridized carbons (Fsp3) is 0.455. The summed E-state index contributed by atoms with van der Waals surface area (Å²) >= 11 is 0. The minimum Gasteiger partial charge on any atom is -0.376 e. The molecule has 2 rings (SSSR count). The Labute approximate surface area is 88.9 Å². The van der Waals surface area contributed by atoms with Crippen LogP contribution < -0.4 is 5.32 Å². The normalized spacial score (nSPS) is 19.8. The predicted molar refractivity (Wildman–Crippen MR) is 56.4 cm³/mol. The summed E-state index contributed by atoms with van der Waals surface area (Å²) in [4.78, 5) is 4.12. The van der Waals surface area contributed by atoms with E-state index >= 15 is 0 Å². The van der Waals surface area contributed by atoms with Gasteiger partial charge in [-0.05, 0) is 25.0 Å². The molecule has 1 saturated heterocycles. The highest BCUT2D eigenvalue weighted by Gasteiger charge is 2.15. The third-order valence-electron chi connectivity index (χ3n) is 2.45. The standard InChI is InChI=1S/C11H13N3O/c12-7-9-3-1-5-13-11(9)14-8-10-4-2-6-15-10/h1,3,5,10H,2,4,6,8H2,(H,13,14). The van der Waals surface area contributed by atoms with Crippen molar-refractivity contribution in [2.45, 2.75) is 18.9 Å². The molecule has 0 amide bonds. The summed E-state index contributed by atoms with van der Waals surface area (Å²) in [5.74, 6) is 0.649. The van der Waals surface area contributed by atoms with E-state index in [0.29, 0.717) is 11.4 Å². The molecule has 1 atom stereocenters. The van der Waals surface area contributed by atoms with Gasteiger partial charge in [0, 0.05) is 19.3 Å². The van der Waals surface area contributed by atoms with Crippen LogP contribution >= 0.6 is 0 Å². The molecule has 4 heteroatoms. The largest absolute Gasteiger partial charge is 0.376 e. The second-order valence-corrected chi connectivity index (χ2v) is 3.53. The number of hydrogen-bond acceptors (Lipinski definition) is 4. The lowest BCUT2D eigenvalue weighted by Crippen LogP contribution is -2.19. The van der Waals surface area contributed by atoms with E-state index in [1.807, 2.05) is 0 Å². The van der Waals surface area contributed by atoms with Crippen LogP contribution in [0.3, 0.4) is 0 Å². The highest BCUT2D eigenvalue weighted by atomic mass is 16.5. The number of nitriles is 1. The van der Waals surface area contributed by atoms with Crippen molar-refractivity contribution in [1.29, 1.82) is 5.26 Å². The molecule has 1 fully saturated rings. The average Bonchev–Trinajstić information content (AvgIpc) is 2.79. The summed E-state index contributed by atoms with van der Waals surface area (Å²) in [6.07, 6.45) is 4.15. The van der Waals surface area contributed by atoms with Gasteiger partial charge < -0.3 is 10.1 Å². The number of ether oxygens (including phenoxy) is 1. The van der Waals surface area contributed by atoms with Crippen LogP contribution in [0.5, 0.6) is 0 Å². The summed E-state index contributed by atoms with van der Waals surface area (Å²) in [5.41, 5.74) is 0.579. The summed E-state index contributed by atoms with van der Waals surface area (Å²) in [5, 5.41) is 12.0. The first-order chi connectivity index (χ1) is 7.40. The van der Waals surface area contributed by atoms with Crippen molar-refractivity contribution in [2.75, 3.05) is 18.5 Å². The summed E-state index contributed by atoms with van der Waals surface area (Å²) in [6, 6.07) is 5.62. The van der Waals surface area contributed by atoms with Gasteiger partial charge >= 0.3 is 0 Å². The van der Waals surface area contributed by atoms with Crippen LogP contribution in [0.25, 0.3) is 0 Å². The number of nitrogens with one attached hydrogen (secondary N) is 1. The van der Waals surface area contributed by atoms with Crippen molar-refractivity contribution in [3.8, 4) is 6.07 Å². The zero-order valence-electron chi connectivity index (χ0n) is 8.44. The van der Waals surface area contributed by atoms with Gasteiger partial charge in [0.25, 0.3) is 0 Å². The van der Waals surface area contributed by atoms with Gasteiger partial charge in [0.15, 0.2) is 0 Å². The van der Waals surface area contributed by atoms with Gasteiger partial charge in [0.2, 0.25) is 0 Å². The number of anilines is 1. The molecule has 1 aromatic rings. The fourth-order valence-corrected chi connectivity index (χ4v) is 1.65. The second kappa shape index (κ2) is 4.76. The maximum absolute atomic E-state index is 8.85. The maximum atomic E-state index is 8.85. The van der Waals surface area contributed by atoms with Crippen molar-refractivity contribution < 1.29 is 4.74 Å². The Kier molecular flexibility index (Phi) is 3.15. The SMILES string of the molecule is N#Cc1cccnc1NCC1CCCO1. The molecule has 1 aliphatic rings. The molecular weight excluding hydrogens is 190 g/mol. The van der Waals surface area contributed by atoms with Crippen molar-refractivity contribution in [3.63, 3.8) is 0 Å². The first-order valence-corrected chi connectivity index (χ1v) is 5.11. The van der Waals surface area contributed by atoms with E-state index < -0.39 is 0 Å². The minimum atomic E-state index is 0.263. The summed E-state index contributed by atoms with van der Waals surface area (Å²) in [7, 11) is 0. The molecule has 1 aromatic heterocycles. The molecule has 0 bridgehead atoms. The Morgan fingerprint density at radius 2 is 2.60 bits per heavy atom. The second-order valence-electron chi connectivity index (χ2n) is 3.53. The lowest BCUT2D eigenvalue weighted by atomic mass is 10.2. The Hall–Kier alpha value is -1.60. The van der Waals surface area contributed by atoms with Gasteiger partial charge in [-0.1, -0.05) is 0 Å². The number of pyridine rings is 1. The summed E-state index contributed by atoms with van der Waals surface area (Å²) < 4.78 is 5.47. The molecule has 1 N–H and O–H groups in total. The van der Waals surface area contributed by atoms with Crippen LogP contribution in [-0.4, -0.2) is 24.2 Å². The van der Waals surface area contributed by atoms with Crippen LogP contribution in [0.1, 0.15) is 18.4 Å². The molecule has 1 aliphatic heterocycles. The molecular formula is C11H13N3O. The van der Waals surface area contributed by atoms with Crippen molar-refractivity contribution in [1.82, 2.24) is 4.98 Å². The molecule has 1 unspecified atom stereocenters. The molecule has 0 radical (unpaired) electrons. The van der Waals surface area contributed by atoms with E-state index in [0.717, 1.165) is 26.0 Å². The molecule has 0 saturated carbocycles. The number of aromatic nitrogens is 1. The van der Waals surface area contributed by atoms with E-state index in [2.05, 4.69) is 16.4 Å². The van der Waals surface area contributed by atoms with Gasteiger partial charge in [-0.3, -0.25) is 0 Å². The van der Waals surface area contributed by atoms with E-state index in [1.165, 1.54) is 0 Å². The number of nitrogens with zero attached hydrogens (tertiary/aromatic N) is 2. The molecule has 78 valence electrons. The van der Waals surface area contributed by atoms with Gasteiger partial charge in [-0.25, -0.2) is 4.98 Å². The lowest BCUT2D eigenvalue weighted by Gasteiger charge is -2.11. The van der Waals surface area contributed by atoms with E-state index in [9.17, 15) is 0 Å². The van der Waals surface area contributed by atoms with E-state index in [-0.39, 0.29) is 6.10 Å². The van der Waals surface area contributed by atoms with Crippen molar-refractivity contribution >= 4 is 5.82 Å². The number of hydrogen-bond donors (Lipinski definition) is 1. The van der Waals surface area contributed by atoms with Crippen LogP contribution in [0.15, 0.2) is 18.3 Å². The van der Waals surface area contributed by atoms with Crippen molar-refractivity contribution in [2.24, 2.45) is 0 Å². The third kappa shape index (κ3) is 2.45. The summed E-state index contributed by atoms with van der Waals surface area (Å²) in [6.45, 7) is 1.57. The molecule has 0 aromatic carbocycles. The minimum absolute atomic E-state index is 0.263. The lowest BCUT2D eigenvalue weighted by molar-refractivity contribution is 0.120. The Balaban J connectivity index is 1.95. The molecule has 15 heavy (non-hydrogen) atoms. The monoisotopic (exact) mass is 203 g/mol. The van der Waals surface area contributed by atoms with Crippen LogP contribution in [0.2, 0.25) is 0 Å². The first-order valence-electron chi connectivity index (χ1n) is 5.11. The Bertz CT molecular complexity index is 366. The zero-order valence-corrected chi connectivity index (χ0v) is 8.44.